The Bertz CT molecular complexity index is 1240. The van der Waals surface area contributed by atoms with Crippen LogP contribution in [0.4, 0.5) is 0 Å². The van der Waals surface area contributed by atoms with Crippen LogP contribution in [0.1, 0.15) is 28.3 Å². The van der Waals surface area contributed by atoms with E-state index < -0.39 is 10.0 Å². The first-order valence-electron chi connectivity index (χ1n) is 9.91. The summed E-state index contributed by atoms with van der Waals surface area (Å²) in [5.41, 5.74) is 3.59. The van der Waals surface area contributed by atoms with Gasteiger partial charge in [0.15, 0.2) is 5.84 Å². The number of amidine groups is 1. The van der Waals surface area contributed by atoms with E-state index in [9.17, 15) is 13.2 Å². The number of rotatable bonds is 5. The Labute approximate surface area is 182 Å². The van der Waals surface area contributed by atoms with Crippen molar-refractivity contribution in [2.75, 3.05) is 13.6 Å². The van der Waals surface area contributed by atoms with Gasteiger partial charge in [-0.3, -0.25) is 4.79 Å². The first-order valence-corrected chi connectivity index (χ1v) is 11.4. The van der Waals surface area contributed by atoms with E-state index in [-0.39, 0.29) is 29.2 Å². The van der Waals surface area contributed by atoms with Crippen LogP contribution < -0.4 is 5.32 Å². The zero-order chi connectivity index (χ0) is 22.0. The first kappa shape index (κ1) is 20.8. The lowest BCUT2D eigenvalue weighted by Crippen LogP contribution is -2.40. The van der Waals surface area contributed by atoms with Crippen molar-refractivity contribution in [3.8, 4) is 0 Å². The van der Waals surface area contributed by atoms with Gasteiger partial charge in [-0.2, -0.15) is 8.42 Å². The Morgan fingerprint density at radius 2 is 1.55 bits per heavy atom. The fraction of sp³-hybridized carbons (Fsp3) is 0.167. The zero-order valence-corrected chi connectivity index (χ0v) is 18.1. The lowest BCUT2D eigenvalue weighted by atomic mass is 9.98. The third-order valence-electron chi connectivity index (χ3n) is 5.20. The maximum absolute atomic E-state index is 13.0. The van der Waals surface area contributed by atoms with E-state index in [2.05, 4.69) is 9.71 Å². The molecule has 7 heteroatoms. The van der Waals surface area contributed by atoms with Gasteiger partial charge in [-0.1, -0.05) is 72.3 Å². The van der Waals surface area contributed by atoms with E-state index in [0.29, 0.717) is 5.56 Å². The number of carbonyl (C=O) groups excluding carboxylic acids is 1. The largest absolute Gasteiger partial charge is 0.349 e. The van der Waals surface area contributed by atoms with Crippen LogP contribution in [0.2, 0.25) is 0 Å². The second kappa shape index (κ2) is 8.35. The normalized spacial score (nSPS) is 15.0. The Morgan fingerprint density at radius 3 is 2.26 bits per heavy atom. The van der Waals surface area contributed by atoms with Gasteiger partial charge in [-0.25, -0.2) is 0 Å². The number of aryl methyl sites for hydroxylation is 1. The molecule has 1 aliphatic heterocycles. The maximum Gasteiger partial charge on any atom is 0.285 e. The van der Waals surface area contributed by atoms with Crippen LogP contribution in [0.5, 0.6) is 0 Å². The van der Waals surface area contributed by atoms with E-state index in [1.165, 1.54) is 6.07 Å². The lowest BCUT2D eigenvalue weighted by Gasteiger charge is -2.23. The Balaban J connectivity index is 1.55. The molecule has 1 atom stereocenters. The van der Waals surface area contributed by atoms with Crippen LogP contribution in [0.15, 0.2) is 88.2 Å². The molecule has 0 saturated carbocycles. The van der Waals surface area contributed by atoms with E-state index in [1.807, 2.05) is 61.5 Å². The number of amides is 1. The van der Waals surface area contributed by atoms with Gasteiger partial charge in [0, 0.05) is 12.6 Å². The summed E-state index contributed by atoms with van der Waals surface area (Å²) in [5.74, 6) is 0.0405. The molecule has 1 aliphatic rings. The summed E-state index contributed by atoms with van der Waals surface area (Å²) in [5, 5.41) is 3.08. The summed E-state index contributed by atoms with van der Waals surface area (Å²) in [6, 6.07) is 24.1. The van der Waals surface area contributed by atoms with Gasteiger partial charge < -0.3 is 10.2 Å². The lowest BCUT2D eigenvalue weighted by molar-refractivity contribution is -0.121. The van der Waals surface area contributed by atoms with Crippen molar-refractivity contribution in [3.05, 3.63) is 101 Å². The average Bonchev–Trinajstić information content (AvgIpc) is 3.05. The van der Waals surface area contributed by atoms with Gasteiger partial charge in [0.2, 0.25) is 5.91 Å². The van der Waals surface area contributed by atoms with Gasteiger partial charge >= 0.3 is 0 Å². The van der Waals surface area contributed by atoms with Gasteiger partial charge in [0.25, 0.3) is 10.0 Å². The van der Waals surface area contributed by atoms with Crippen LogP contribution in [0.25, 0.3) is 0 Å². The summed E-state index contributed by atoms with van der Waals surface area (Å²) in [6.07, 6.45) is 0. The van der Waals surface area contributed by atoms with Gasteiger partial charge in [0.05, 0.1) is 12.6 Å². The van der Waals surface area contributed by atoms with Crippen molar-refractivity contribution in [1.82, 2.24) is 10.2 Å². The molecule has 0 aromatic heterocycles. The van der Waals surface area contributed by atoms with Crippen molar-refractivity contribution in [3.63, 3.8) is 0 Å². The predicted molar refractivity (Wildman–Crippen MR) is 120 cm³/mol. The summed E-state index contributed by atoms with van der Waals surface area (Å²) in [4.78, 5) is 14.7. The van der Waals surface area contributed by atoms with Crippen molar-refractivity contribution in [2.45, 2.75) is 17.9 Å². The molecular formula is C24H23N3O3S. The van der Waals surface area contributed by atoms with E-state index in [1.54, 1.807) is 30.1 Å². The molecule has 1 heterocycles. The number of sulfonamides is 1. The van der Waals surface area contributed by atoms with E-state index >= 15 is 0 Å². The number of benzene rings is 3. The van der Waals surface area contributed by atoms with Crippen molar-refractivity contribution in [2.24, 2.45) is 4.40 Å². The summed E-state index contributed by atoms with van der Waals surface area (Å²) >= 11 is 0. The summed E-state index contributed by atoms with van der Waals surface area (Å²) in [7, 11) is -2.07. The molecule has 0 radical (unpaired) electrons. The summed E-state index contributed by atoms with van der Waals surface area (Å²) < 4.78 is 28.5. The molecule has 0 aliphatic carbocycles. The third kappa shape index (κ3) is 4.36. The minimum absolute atomic E-state index is 0.0299. The van der Waals surface area contributed by atoms with E-state index in [0.717, 1.165) is 16.7 Å². The minimum Gasteiger partial charge on any atom is -0.349 e. The molecule has 158 valence electrons. The monoisotopic (exact) mass is 433 g/mol. The molecule has 31 heavy (non-hydrogen) atoms. The van der Waals surface area contributed by atoms with Crippen molar-refractivity contribution in [1.29, 1.82) is 0 Å². The second-order valence-electron chi connectivity index (χ2n) is 7.56. The van der Waals surface area contributed by atoms with Gasteiger partial charge in [0.1, 0.15) is 4.90 Å². The smallest absolute Gasteiger partial charge is 0.285 e. The van der Waals surface area contributed by atoms with Crippen molar-refractivity contribution >= 4 is 21.8 Å². The number of hydrogen-bond acceptors (Lipinski definition) is 4. The fourth-order valence-electron chi connectivity index (χ4n) is 3.62. The zero-order valence-electron chi connectivity index (χ0n) is 17.3. The van der Waals surface area contributed by atoms with E-state index in [4.69, 9.17) is 0 Å². The molecule has 1 amide bonds. The predicted octanol–water partition coefficient (Wildman–Crippen LogP) is 3.28. The number of carbonyl (C=O) groups is 1. The number of fused-ring (bicyclic) bond motifs is 1. The molecule has 1 unspecified atom stereocenters. The molecule has 6 nitrogen and oxygen atoms in total. The standard InChI is InChI=1S/C24H23N3O3S/c1-17-12-14-19(15-13-17)23(18-8-4-3-5-9-18)25-22(28)16-27(2)24-20-10-6-7-11-21(20)31(29,30)26-24/h3-15,23H,16H2,1-2H3,(H,25,28). The number of nitrogens with zero attached hydrogens (tertiary/aromatic N) is 2. The Kier molecular flexibility index (Phi) is 5.61. The second-order valence-corrected chi connectivity index (χ2v) is 9.14. The quantitative estimate of drug-likeness (QED) is 0.670. The SMILES string of the molecule is Cc1ccc(C(NC(=O)CN(C)C2=NS(=O)(=O)c3ccccc32)c2ccccc2)cc1. The maximum atomic E-state index is 13.0. The Hall–Kier alpha value is -3.45. The third-order valence-corrected chi connectivity index (χ3v) is 6.53. The molecule has 1 N–H and O–H groups in total. The Morgan fingerprint density at radius 1 is 0.935 bits per heavy atom. The number of likely N-dealkylation sites (N-methyl/N-ethyl adjacent to an activating group) is 1. The molecule has 0 bridgehead atoms. The highest BCUT2D eigenvalue weighted by Gasteiger charge is 2.31. The topological polar surface area (TPSA) is 78.8 Å². The van der Waals surface area contributed by atoms with Gasteiger partial charge in [-0.05, 0) is 30.2 Å². The highest BCUT2D eigenvalue weighted by atomic mass is 32.2. The highest BCUT2D eigenvalue weighted by molar-refractivity contribution is 7.90. The van der Waals surface area contributed by atoms with Crippen LogP contribution in [0, 0.1) is 6.92 Å². The van der Waals surface area contributed by atoms with Crippen LogP contribution in [-0.2, 0) is 14.8 Å². The molecule has 0 fully saturated rings. The van der Waals surface area contributed by atoms with Gasteiger partial charge in [-0.15, -0.1) is 4.40 Å². The molecule has 0 spiro atoms. The molecule has 3 aromatic rings. The van der Waals surface area contributed by atoms with Crippen LogP contribution in [-0.4, -0.2) is 38.7 Å². The van der Waals surface area contributed by atoms with Crippen molar-refractivity contribution < 1.29 is 13.2 Å². The first-order chi connectivity index (χ1) is 14.8. The minimum atomic E-state index is -3.73. The molecular weight excluding hydrogens is 410 g/mol. The summed E-state index contributed by atoms with van der Waals surface area (Å²) in [6.45, 7) is 1.99. The van der Waals surface area contributed by atoms with Crippen LogP contribution >= 0.6 is 0 Å². The number of nitrogens with one attached hydrogen (secondary N) is 1. The average molecular weight is 434 g/mol. The molecule has 4 rings (SSSR count). The molecule has 3 aromatic carbocycles. The number of hydrogen-bond donors (Lipinski definition) is 1. The molecule has 0 saturated heterocycles. The fourth-order valence-corrected chi connectivity index (χ4v) is 4.88. The highest BCUT2D eigenvalue weighted by Crippen LogP contribution is 2.27. The van der Waals surface area contributed by atoms with Crippen LogP contribution in [0.3, 0.4) is 0 Å².